The average molecular weight is 634 g/mol. The Morgan fingerprint density at radius 1 is 0.646 bits per heavy atom. The Morgan fingerprint density at radius 2 is 1.23 bits per heavy atom. The third kappa shape index (κ3) is 7.16. The highest BCUT2D eigenvalue weighted by atomic mass is 16.2. The molecule has 48 heavy (non-hydrogen) atoms. The minimum absolute atomic E-state index is 0.0199. The van der Waals surface area contributed by atoms with Crippen molar-refractivity contribution in [2.24, 2.45) is 4.99 Å². The van der Waals surface area contributed by atoms with E-state index in [0.717, 1.165) is 83.4 Å². The fraction of sp³-hybridized carbons (Fsp3) is 0.286. The number of carbonyl (C=O) groups is 3. The molecule has 7 rings (SSSR count). The fourth-order valence-corrected chi connectivity index (χ4v) is 7.22. The number of Topliss-reactive ketones (excluding diaryl/α,β-unsaturated/α-hetero) is 1. The molecule has 0 aromatic heterocycles. The smallest absolute Gasteiger partial charge is 0.227 e. The van der Waals surface area contributed by atoms with Crippen molar-refractivity contribution in [3.05, 3.63) is 137 Å². The summed E-state index contributed by atoms with van der Waals surface area (Å²) in [6.07, 6.45) is 5.32. The largest absolute Gasteiger partial charge is 0.334 e. The van der Waals surface area contributed by atoms with Gasteiger partial charge < -0.3 is 9.80 Å². The Bertz CT molecular complexity index is 1900. The zero-order valence-corrected chi connectivity index (χ0v) is 27.1. The van der Waals surface area contributed by atoms with E-state index in [1.165, 1.54) is 0 Å². The number of hydrogen-bond acceptors (Lipinski definition) is 4. The highest BCUT2D eigenvalue weighted by Gasteiger charge is 2.35. The molecular weight excluding hydrogens is 594 g/mol. The molecule has 0 unspecified atom stereocenters. The molecule has 4 aromatic rings. The summed E-state index contributed by atoms with van der Waals surface area (Å²) in [4.78, 5) is 48.2. The van der Waals surface area contributed by atoms with Gasteiger partial charge in [-0.15, -0.1) is 0 Å². The molecule has 2 amide bonds. The van der Waals surface area contributed by atoms with Crippen molar-refractivity contribution in [1.29, 1.82) is 0 Å². The lowest BCUT2D eigenvalue weighted by molar-refractivity contribution is -0.136. The van der Waals surface area contributed by atoms with Gasteiger partial charge in [-0.25, -0.2) is 0 Å². The highest BCUT2D eigenvalue weighted by molar-refractivity contribution is 6.00. The topological polar surface area (TPSA) is 70.1 Å². The third-order valence-electron chi connectivity index (χ3n) is 9.70. The SMILES string of the molecule is O=C(Cc1ccc(C#Cc2ccc3c(c2)CC([C@@H]2CCCN2C(=O)Cc2ccccc2)=N3)cc1)[C@@H]1CCCN1C(=O)Cc1ccccc1. The molecule has 0 saturated carbocycles. The minimum Gasteiger partial charge on any atom is -0.334 e. The molecule has 2 fully saturated rings. The average Bonchev–Trinajstić information content (AvgIpc) is 3.89. The maximum Gasteiger partial charge on any atom is 0.227 e. The summed E-state index contributed by atoms with van der Waals surface area (Å²) in [6.45, 7) is 1.42. The summed E-state index contributed by atoms with van der Waals surface area (Å²) in [5.41, 5.74) is 7.93. The zero-order chi connectivity index (χ0) is 32.9. The Labute approximate surface area is 282 Å². The van der Waals surface area contributed by atoms with Crippen LogP contribution >= 0.6 is 0 Å². The van der Waals surface area contributed by atoms with Gasteiger partial charge in [0.2, 0.25) is 11.8 Å². The molecule has 2 atom stereocenters. The lowest BCUT2D eigenvalue weighted by Gasteiger charge is -2.25. The van der Waals surface area contributed by atoms with Crippen molar-refractivity contribution in [2.75, 3.05) is 13.1 Å². The van der Waals surface area contributed by atoms with Crippen molar-refractivity contribution in [2.45, 2.75) is 63.5 Å². The summed E-state index contributed by atoms with van der Waals surface area (Å²) >= 11 is 0. The standard InChI is InChI=1S/C42H39N3O3/c46-40(39-14-8-24-45(39)42(48)28-32-11-5-2-6-12-32)26-34-19-16-30(17-20-34)15-18-33-21-22-36-35(25-33)29-37(43-36)38-13-7-23-44(38)41(47)27-31-9-3-1-4-10-31/h1-6,9-12,16-17,19-22,25,38-39H,7-8,13-14,23-24,26-29H2/t38-,39-/m0/s1. The third-order valence-corrected chi connectivity index (χ3v) is 9.70. The van der Waals surface area contributed by atoms with Gasteiger partial charge in [-0.2, -0.15) is 0 Å². The van der Waals surface area contributed by atoms with Gasteiger partial charge in [0, 0.05) is 42.8 Å². The van der Waals surface area contributed by atoms with Crippen LogP contribution in [-0.2, 0) is 40.1 Å². The van der Waals surface area contributed by atoms with Crippen molar-refractivity contribution in [1.82, 2.24) is 9.80 Å². The molecule has 0 spiro atoms. The van der Waals surface area contributed by atoms with Crippen molar-refractivity contribution in [3.63, 3.8) is 0 Å². The fourth-order valence-electron chi connectivity index (χ4n) is 7.22. The van der Waals surface area contributed by atoms with Crippen LogP contribution in [0.2, 0.25) is 0 Å². The van der Waals surface area contributed by atoms with Crippen LogP contribution < -0.4 is 0 Å². The number of aliphatic imine (C=N–C) groups is 1. The van der Waals surface area contributed by atoms with Crippen LogP contribution in [0.1, 0.15) is 59.1 Å². The lowest BCUT2D eigenvalue weighted by Crippen LogP contribution is -2.41. The summed E-state index contributed by atoms with van der Waals surface area (Å²) < 4.78 is 0. The first-order valence-electron chi connectivity index (χ1n) is 17.0. The molecule has 0 radical (unpaired) electrons. The quantitative estimate of drug-likeness (QED) is 0.214. The number of amides is 2. The molecule has 3 aliphatic heterocycles. The first-order chi connectivity index (χ1) is 23.5. The number of nitrogens with zero attached hydrogens (tertiary/aromatic N) is 3. The molecular formula is C42H39N3O3. The molecule has 240 valence electrons. The van der Waals surface area contributed by atoms with Crippen LogP contribution in [-0.4, -0.2) is 58.3 Å². The molecule has 3 aliphatic rings. The van der Waals surface area contributed by atoms with E-state index in [1.54, 1.807) is 4.90 Å². The Hall–Kier alpha value is -5.28. The molecule has 4 aromatic carbocycles. The normalized spacial score (nSPS) is 18.2. The number of fused-ring (bicyclic) bond motifs is 1. The number of ketones is 1. The zero-order valence-electron chi connectivity index (χ0n) is 27.1. The van der Waals surface area contributed by atoms with E-state index < -0.39 is 0 Å². The lowest BCUT2D eigenvalue weighted by atomic mass is 10.00. The van der Waals surface area contributed by atoms with Gasteiger partial charge in [0.25, 0.3) is 0 Å². The van der Waals surface area contributed by atoms with Crippen LogP contribution in [0, 0.1) is 11.8 Å². The van der Waals surface area contributed by atoms with Gasteiger partial charge in [0.05, 0.1) is 30.6 Å². The second kappa shape index (κ2) is 14.2. The summed E-state index contributed by atoms with van der Waals surface area (Å²) in [6, 6.07) is 33.3. The van der Waals surface area contributed by atoms with E-state index in [2.05, 4.69) is 17.9 Å². The minimum atomic E-state index is -0.350. The molecule has 0 bridgehead atoms. The van der Waals surface area contributed by atoms with E-state index in [-0.39, 0.29) is 29.7 Å². The number of carbonyl (C=O) groups excluding carboxylic acids is 3. The van der Waals surface area contributed by atoms with E-state index in [0.29, 0.717) is 25.8 Å². The van der Waals surface area contributed by atoms with Crippen LogP contribution in [0.5, 0.6) is 0 Å². The number of hydrogen-bond donors (Lipinski definition) is 0. The maximum absolute atomic E-state index is 13.3. The Morgan fingerprint density at radius 3 is 1.94 bits per heavy atom. The molecule has 0 aliphatic carbocycles. The molecule has 6 heteroatoms. The van der Waals surface area contributed by atoms with Crippen molar-refractivity contribution in [3.8, 4) is 11.8 Å². The number of rotatable bonds is 8. The number of likely N-dealkylation sites (tertiary alicyclic amines) is 2. The van der Waals surface area contributed by atoms with E-state index in [9.17, 15) is 14.4 Å². The monoisotopic (exact) mass is 633 g/mol. The predicted octanol–water partition coefficient (Wildman–Crippen LogP) is 6.29. The van der Waals surface area contributed by atoms with Gasteiger partial charge in [0.15, 0.2) is 5.78 Å². The molecule has 0 N–H and O–H groups in total. The van der Waals surface area contributed by atoms with Crippen LogP contribution in [0.4, 0.5) is 5.69 Å². The van der Waals surface area contributed by atoms with Crippen LogP contribution in [0.15, 0.2) is 108 Å². The van der Waals surface area contributed by atoms with Crippen molar-refractivity contribution >= 4 is 29.0 Å². The Kier molecular flexibility index (Phi) is 9.29. The van der Waals surface area contributed by atoms with Gasteiger partial charge in [-0.05, 0) is 78.3 Å². The van der Waals surface area contributed by atoms with Gasteiger partial charge in [-0.3, -0.25) is 19.4 Å². The second-order valence-corrected chi connectivity index (χ2v) is 13.0. The maximum atomic E-state index is 13.3. The molecule has 2 saturated heterocycles. The predicted molar refractivity (Wildman–Crippen MR) is 188 cm³/mol. The molecule has 3 heterocycles. The van der Waals surface area contributed by atoms with Gasteiger partial charge in [0.1, 0.15) is 0 Å². The highest BCUT2D eigenvalue weighted by Crippen LogP contribution is 2.32. The van der Waals surface area contributed by atoms with Gasteiger partial charge >= 0.3 is 0 Å². The first-order valence-corrected chi connectivity index (χ1v) is 17.0. The summed E-state index contributed by atoms with van der Waals surface area (Å²) in [5.74, 6) is 6.84. The summed E-state index contributed by atoms with van der Waals surface area (Å²) in [7, 11) is 0. The van der Waals surface area contributed by atoms with Crippen molar-refractivity contribution < 1.29 is 14.4 Å². The van der Waals surface area contributed by atoms with E-state index in [1.807, 2.05) is 102 Å². The van der Waals surface area contributed by atoms with Crippen LogP contribution in [0.3, 0.4) is 0 Å². The molecule has 6 nitrogen and oxygen atoms in total. The van der Waals surface area contributed by atoms with E-state index >= 15 is 0 Å². The first kappa shape index (κ1) is 31.3. The summed E-state index contributed by atoms with van der Waals surface area (Å²) in [5, 5.41) is 0. The van der Waals surface area contributed by atoms with Gasteiger partial charge in [-0.1, -0.05) is 84.6 Å². The van der Waals surface area contributed by atoms with E-state index in [4.69, 9.17) is 4.99 Å². The van der Waals surface area contributed by atoms with Crippen LogP contribution in [0.25, 0.3) is 0 Å². The second-order valence-electron chi connectivity index (χ2n) is 13.0. The Balaban J connectivity index is 0.942. The number of benzene rings is 4.